The lowest BCUT2D eigenvalue weighted by atomic mass is 10.0. The van der Waals surface area contributed by atoms with Gasteiger partial charge in [0.2, 0.25) is 0 Å². The lowest BCUT2D eigenvalue weighted by Gasteiger charge is -2.11. The Labute approximate surface area is 158 Å². The van der Waals surface area contributed by atoms with E-state index >= 15 is 0 Å². The number of rotatable bonds is 3. The standard InChI is InChI=1S/C20H16F3N3O2/c21-20(22,23)28-14-8-6-13(7-9-14)26-19(27)15-11-25-16-5-1-3-12-4-2-10-24-18(12)17(15)16/h2,4,6-11,25H,1,3,5H2,(H,26,27). The number of hydrogen-bond donors (Lipinski definition) is 2. The molecule has 2 N–H and O–H groups in total. The highest BCUT2D eigenvalue weighted by Gasteiger charge is 2.31. The van der Waals surface area contributed by atoms with E-state index in [1.165, 1.54) is 12.1 Å². The van der Waals surface area contributed by atoms with Gasteiger partial charge in [0.1, 0.15) is 5.75 Å². The van der Waals surface area contributed by atoms with E-state index < -0.39 is 6.36 Å². The molecule has 2 aromatic heterocycles. The summed E-state index contributed by atoms with van der Waals surface area (Å²) in [5, 5.41) is 2.71. The second-order valence-corrected chi connectivity index (χ2v) is 6.45. The number of alkyl halides is 3. The summed E-state index contributed by atoms with van der Waals surface area (Å²) < 4.78 is 40.6. The number of nitrogens with zero attached hydrogens (tertiary/aromatic N) is 1. The minimum atomic E-state index is -4.76. The fourth-order valence-electron chi connectivity index (χ4n) is 3.37. The monoisotopic (exact) mass is 387 g/mol. The fourth-order valence-corrected chi connectivity index (χ4v) is 3.37. The zero-order valence-electron chi connectivity index (χ0n) is 14.6. The number of pyridine rings is 1. The largest absolute Gasteiger partial charge is 0.573 e. The van der Waals surface area contributed by atoms with E-state index in [4.69, 9.17) is 0 Å². The van der Waals surface area contributed by atoms with Crippen LogP contribution in [0.3, 0.4) is 0 Å². The van der Waals surface area contributed by atoms with Gasteiger partial charge in [-0.1, -0.05) is 6.07 Å². The highest BCUT2D eigenvalue weighted by Crippen LogP contribution is 2.34. The van der Waals surface area contributed by atoms with Crippen molar-refractivity contribution in [2.24, 2.45) is 0 Å². The van der Waals surface area contributed by atoms with Crippen LogP contribution < -0.4 is 10.1 Å². The molecule has 1 aliphatic carbocycles. The fraction of sp³-hybridized carbons (Fsp3) is 0.200. The minimum Gasteiger partial charge on any atom is -0.406 e. The van der Waals surface area contributed by atoms with Crippen molar-refractivity contribution in [1.82, 2.24) is 9.97 Å². The van der Waals surface area contributed by atoms with Gasteiger partial charge in [0.25, 0.3) is 5.91 Å². The van der Waals surface area contributed by atoms with E-state index in [1.54, 1.807) is 12.4 Å². The second-order valence-electron chi connectivity index (χ2n) is 6.45. The average molecular weight is 387 g/mol. The molecule has 0 bridgehead atoms. The molecule has 3 aromatic rings. The van der Waals surface area contributed by atoms with Crippen molar-refractivity contribution >= 4 is 11.6 Å². The molecule has 0 aliphatic heterocycles. The van der Waals surface area contributed by atoms with Crippen LogP contribution in [-0.4, -0.2) is 22.2 Å². The van der Waals surface area contributed by atoms with Crippen molar-refractivity contribution in [2.75, 3.05) is 5.32 Å². The number of fused-ring (bicyclic) bond motifs is 3. The van der Waals surface area contributed by atoms with Crippen molar-refractivity contribution in [3.63, 3.8) is 0 Å². The Morgan fingerprint density at radius 2 is 1.93 bits per heavy atom. The maximum atomic E-state index is 12.8. The van der Waals surface area contributed by atoms with E-state index in [2.05, 4.69) is 20.0 Å². The molecule has 0 spiro atoms. The first-order chi connectivity index (χ1) is 13.4. The number of halogens is 3. The highest BCUT2D eigenvalue weighted by molar-refractivity contribution is 6.09. The number of aromatic amines is 1. The average Bonchev–Trinajstić information content (AvgIpc) is 2.98. The molecule has 1 aliphatic rings. The van der Waals surface area contributed by atoms with Crippen LogP contribution in [0.25, 0.3) is 11.3 Å². The molecule has 0 fully saturated rings. The third-order valence-electron chi connectivity index (χ3n) is 4.55. The quantitative estimate of drug-likeness (QED) is 0.684. The van der Waals surface area contributed by atoms with Crippen LogP contribution in [0, 0.1) is 0 Å². The molecule has 0 saturated carbocycles. The van der Waals surface area contributed by atoms with Gasteiger partial charge in [0.15, 0.2) is 0 Å². The predicted molar refractivity (Wildman–Crippen MR) is 97.1 cm³/mol. The first-order valence-corrected chi connectivity index (χ1v) is 8.72. The Hall–Kier alpha value is -3.29. The molecule has 5 nitrogen and oxygen atoms in total. The number of carbonyl (C=O) groups is 1. The minimum absolute atomic E-state index is 0.348. The second kappa shape index (κ2) is 7.03. The normalized spacial score (nSPS) is 13.2. The lowest BCUT2D eigenvalue weighted by molar-refractivity contribution is -0.274. The molecule has 144 valence electrons. The van der Waals surface area contributed by atoms with E-state index in [0.717, 1.165) is 53.9 Å². The zero-order chi connectivity index (χ0) is 19.7. The third-order valence-corrected chi connectivity index (χ3v) is 4.55. The maximum absolute atomic E-state index is 12.8. The molecule has 0 radical (unpaired) electrons. The summed E-state index contributed by atoms with van der Waals surface area (Å²) in [5.41, 5.74) is 4.43. The van der Waals surface area contributed by atoms with Crippen molar-refractivity contribution < 1.29 is 22.7 Å². The first-order valence-electron chi connectivity index (χ1n) is 8.72. The van der Waals surface area contributed by atoms with Crippen LogP contribution >= 0.6 is 0 Å². The summed E-state index contributed by atoms with van der Waals surface area (Å²) in [4.78, 5) is 20.4. The van der Waals surface area contributed by atoms with E-state index in [1.807, 2.05) is 12.1 Å². The van der Waals surface area contributed by atoms with Gasteiger partial charge in [-0.2, -0.15) is 0 Å². The number of amides is 1. The van der Waals surface area contributed by atoms with Gasteiger partial charge in [0.05, 0.1) is 11.3 Å². The summed E-state index contributed by atoms with van der Waals surface area (Å²) in [7, 11) is 0. The predicted octanol–water partition coefficient (Wildman–Crippen LogP) is 4.72. The number of H-pyrrole nitrogens is 1. The van der Waals surface area contributed by atoms with Gasteiger partial charge in [-0.15, -0.1) is 13.2 Å². The van der Waals surface area contributed by atoms with E-state index in [-0.39, 0.29) is 11.7 Å². The van der Waals surface area contributed by atoms with E-state index in [9.17, 15) is 18.0 Å². The molecule has 1 amide bonds. The lowest BCUT2D eigenvalue weighted by Crippen LogP contribution is -2.17. The van der Waals surface area contributed by atoms with Crippen molar-refractivity contribution in [3.8, 4) is 17.0 Å². The summed E-state index contributed by atoms with van der Waals surface area (Å²) in [6.45, 7) is 0. The number of anilines is 1. The number of aryl methyl sites for hydroxylation is 2. The summed E-state index contributed by atoms with van der Waals surface area (Å²) in [6.07, 6.45) is 1.23. The number of ether oxygens (including phenoxy) is 1. The van der Waals surface area contributed by atoms with Crippen LogP contribution in [0.4, 0.5) is 18.9 Å². The summed E-state index contributed by atoms with van der Waals surface area (Å²) in [6, 6.07) is 8.90. The number of carbonyl (C=O) groups excluding carboxylic acids is 1. The van der Waals surface area contributed by atoms with Crippen LogP contribution in [0.2, 0.25) is 0 Å². The Kier molecular flexibility index (Phi) is 4.54. The molecule has 0 unspecified atom stereocenters. The van der Waals surface area contributed by atoms with E-state index in [0.29, 0.717) is 11.3 Å². The van der Waals surface area contributed by atoms with Gasteiger partial charge < -0.3 is 15.0 Å². The van der Waals surface area contributed by atoms with Gasteiger partial charge >= 0.3 is 6.36 Å². The third kappa shape index (κ3) is 3.71. The summed E-state index contributed by atoms with van der Waals surface area (Å²) >= 11 is 0. The molecule has 8 heteroatoms. The number of aromatic nitrogens is 2. The number of nitrogens with one attached hydrogen (secondary N) is 2. The first kappa shape index (κ1) is 18.1. The smallest absolute Gasteiger partial charge is 0.406 e. The Morgan fingerprint density at radius 1 is 1.14 bits per heavy atom. The van der Waals surface area contributed by atoms with Gasteiger partial charge in [-0.25, -0.2) is 0 Å². The van der Waals surface area contributed by atoms with Crippen LogP contribution in [-0.2, 0) is 12.8 Å². The zero-order valence-corrected chi connectivity index (χ0v) is 14.6. The Morgan fingerprint density at radius 3 is 2.68 bits per heavy atom. The molecular formula is C20H16F3N3O2. The van der Waals surface area contributed by atoms with Gasteiger partial charge in [-0.05, 0) is 55.2 Å². The van der Waals surface area contributed by atoms with Crippen molar-refractivity contribution in [3.05, 3.63) is 65.6 Å². The Bertz CT molecular complexity index is 1010. The SMILES string of the molecule is O=C(Nc1ccc(OC(F)(F)F)cc1)c1c[nH]c2c1-c1ncccc1CCC2. The Balaban J connectivity index is 1.59. The number of benzene rings is 1. The molecule has 1 aromatic carbocycles. The molecule has 4 rings (SSSR count). The van der Waals surface area contributed by atoms with Gasteiger partial charge in [0, 0.05) is 29.3 Å². The van der Waals surface area contributed by atoms with Crippen LogP contribution in [0.5, 0.6) is 5.75 Å². The van der Waals surface area contributed by atoms with Crippen LogP contribution in [0.15, 0.2) is 48.8 Å². The molecule has 28 heavy (non-hydrogen) atoms. The molecule has 2 heterocycles. The topological polar surface area (TPSA) is 67.0 Å². The highest BCUT2D eigenvalue weighted by atomic mass is 19.4. The van der Waals surface area contributed by atoms with Crippen molar-refractivity contribution in [2.45, 2.75) is 25.6 Å². The molecular weight excluding hydrogens is 371 g/mol. The van der Waals surface area contributed by atoms with Crippen molar-refractivity contribution in [1.29, 1.82) is 0 Å². The summed E-state index contributed by atoms with van der Waals surface area (Å²) in [5.74, 6) is -0.709. The van der Waals surface area contributed by atoms with Gasteiger partial charge in [-0.3, -0.25) is 9.78 Å². The van der Waals surface area contributed by atoms with Crippen LogP contribution in [0.1, 0.15) is 28.0 Å². The molecule has 0 atom stereocenters. The maximum Gasteiger partial charge on any atom is 0.573 e. The number of hydrogen-bond acceptors (Lipinski definition) is 3. The molecule has 0 saturated heterocycles.